The maximum Gasteiger partial charge on any atom is 0.328 e. The van der Waals surface area contributed by atoms with Crippen LogP contribution in [0, 0.1) is 0 Å². The molecule has 0 saturated heterocycles. The average Bonchev–Trinajstić information content (AvgIpc) is 2.85. The molecule has 1 fully saturated rings. The molecule has 1 aromatic heterocycles. The number of aromatic nitrogens is 2. The number of aryl methyl sites for hydroxylation is 1. The zero-order valence-corrected chi connectivity index (χ0v) is 15.9. The summed E-state index contributed by atoms with van der Waals surface area (Å²) in [7, 11) is 2.04. The Labute approximate surface area is 153 Å². The van der Waals surface area contributed by atoms with Crippen LogP contribution in [0.2, 0.25) is 0 Å². The number of ether oxygens (including phenoxy) is 1. The number of aliphatic carboxylic acids is 1. The maximum absolute atomic E-state index is 10.9. The molecule has 1 aromatic carbocycles. The second-order valence-electron chi connectivity index (χ2n) is 7.21. The van der Waals surface area contributed by atoms with E-state index in [4.69, 9.17) is 14.8 Å². The number of carbonyl (C=O) groups is 1. The van der Waals surface area contributed by atoms with Gasteiger partial charge in [-0.1, -0.05) is 0 Å². The third-order valence-corrected chi connectivity index (χ3v) is 4.92. The topological polar surface area (TPSA) is 76.4 Å². The highest BCUT2D eigenvalue weighted by molar-refractivity contribution is 5.88. The van der Waals surface area contributed by atoms with Gasteiger partial charge in [-0.25, -0.2) is 9.78 Å². The van der Waals surface area contributed by atoms with Crippen molar-refractivity contribution >= 4 is 23.1 Å². The van der Waals surface area contributed by atoms with Crippen LogP contribution in [0.4, 0.5) is 0 Å². The van der Waals surface area contributed by atoms with Crippen LogP contribution in [0.3, 0.4) is 0 Å². The van der Waals surface area contributed by atoms with E-state index in [1.54, 1.807) is 6.08 Å². The molecule has 0 atom stereocenters. The molecule has 2 N–H and O–H groups in total. The minimum atomic E-state index is -0.983. The molecule has 6 nitrogen and oxygen atoms in total. The first-order chi connectivity index (χ1) is 12.4. The Kier molecular flexibility index (Phi) is 5.05. The number of carboxylic acid groups (broad SMARTS) is 1. The van der Waals surface area contributed by atoms with Crippen LogP contribution in [-0.4, -0.2) is 33.3 Å². The molecular weight excluding hydrogens is 330 g/mol. The van der Waals surface area contributed by atoms with Crippen molar-refractivity contribution in [2.24, 2.45) is 7.05 Å². The number of hydrogen-bond acceptors (Lipinski definition) is 4. The number of rotatable bonds is 7. The number of nitrogens with one attached hydrogen (secondary N) is 1. The molecule has 140 valence electrons. The number of hydrogen-bond donors (Lipinski definition) is 2. The van der Waals surface area contributed by atoms with Crippen LogP contribution in [-0.2, 0) is 17.4 Å². The summed E-state index contributed by atoms with van der Waals surface area (Å²) in [4.78, 5) is 15.8. The van der Waals surface area contributed by atoms with Gasteiger partial charge >= 0.3 is 5.97 Å². The second kappa shape index (κ2) is 7.11. The largest absolute Gasteiger partial charge is 0.493 e. The molecule has 0 bridgehead atoms. The molecule has 1 aliphatic carbocycles. The van der Waals surface area contributed by atoms with E-state index in [0.717, 1.165) is 41.3 Å². The molecule has 0 spiro atoms. The van der Waals surface area contributed by atoms with Crippen molar-refractivity contribution in [2.75, 3.05) is 6.61 Å². The van der Waals surface area contributed by atoms with Gasteiger partial charge in [0.1, 0.15) is 11.6 Å². The molecule has 0 radical (unpaired) electrons. The third kappa shape index (κ3) is 3.33. The fourth-order valence-corrected chi connectivity index (χ4v) is 3.75. The number of fused-ring (bicyclic) bond motifs is 1. The molecule has 0 unspecified atom stereocenters. The highest BCUT2D eigenvalue weighted by Gasteiger charge is 2.42. The van der Waals surface area contributed by atoms with E-state index >= 15 is 0 Å². The standard InChI is InChI=1S/C20H27N3O3/c1-5-26-17-12-16-15(11-14(17)7-8-18(24)25)21-19(23(16)4)20(9-6-10-20)22-13(2)3/h7-8,11-13,22H,5-6,9-10H2,1-4H3,(H,24,25)/b8-7+. The number of carboxylic acids is 1. The van der Waals surface area contributed by atoms with Gasteiger partial charge in [0, 0.05) is 30.8 Å². The van der Waals surface area contributed by atoms with Crippen LogP contribution in [0.1, 0.15) is 51.4 Å². The predicted octanol–water partition coefficient (Wildman–Crippen LogP) is 3.45. The summed E-state index contributed by atoms with van der Waals surface area (Å²) in [6, 6.07) is 4.24. The van der Waals surface area contributed by atoms with Gasteiger partial charge < -0.3 is 19.7 Å². The normalized spacial score (nSPS) is 16.3. The quantitative estimate of drug-likeness (QED) is 0.742. The monoisotopic (exact) mass is 357 g/mol. The van der Waals surface area contributed by atoms with Crippen molar-refractivity contribution in [1.29, 1.82) is 0 Å². The highest BCUT2D eigenvalue weighted by Crippen LogP contribution is 2.42. The van der Waals surface area contributed by atoms with E-state index in [2.05, 4.69) is 23.7 Å². The molecule has 1 heterocycles. The lowest BCUT2D eigenvalue weighted by Gasteiger charge is -2.43. The molecular formula is C20H27N3O3. The van der Waals surface area contributed by atoms with E-state index in [1.165, 1.54) is 6.42 Å². The number of nitrogens with zero attached hydrogens (tertiary/aromatic N) is 2. The van der Waals surface area contributed by atoms with Crippen LogP contribution < -0.4 is 10.1 Å². The van der Waals surface area contributed by atoms with Gasteiger partial charge in [-0.15, -0.1) is 0 Å². The van der Waals surface area contributed by atoms with Crippen molar-refractivity contribution in [3.8, 4) is 5.75 Å². The fourth-order valence-electron chi connectivity index (χ4n) is 3.75. The van der Waals surface area contributed by atoms with Gasteiger partial charge in [0.05, 0.1) is 23.2 Å². The van der Waals surface area contributed by atoms with Gasteiger partial charge in [0.15, 0.2) is 0 Å². The van der Waals surface area contributed by atoms with E-state index in [0.29, 0.717) is 18.4 Å². The first-order valence-electron chi connectivity index (χ1n) is 9.19. The smallest absolute Gasteiger partial charge is 0.328 e. The summed E-state index contributed by atoms with van der Waals surface area (Å²) in [5, 5.41) is 12.6. The first kappa shape index (κ1) is 18.5. The van der Waals surface area contributed by atoms with Crippen LogP contribution >= 0.6 is 0 Å². The van der Waals surface area contributed by atoms with Crippen molar-refractivity contribution < 1.29 is 14.6 Å². The lowest BCUT2D eigenvalue weighted by atomic mass is 9.75. The lowest BCUT2D eigenvalue weighted by Crippen LogP contribution is -2.52. The molecule has 2 aromatic rings. The average molecular weight is 357 g/mol. The van der Waals surface area contributed by atoms with Crippen LogP contribution in [0.25, 0.3) is 17.1 Å². The zero-order chi connectivity index (χ0) is 18.9. The van der Waals surface area contributed by atoms with Gasteiger partial charge in [0.2, 0.25) is 0 Å². The van der Waals surface area contributed by atoms with Crippen molar-refractivity contribution in [3.05, 3.63) is 29.6 Å². The SMILES string of the molecule is CCOc1cc2c(cc1/C=C/C(=O)O)nc(C1(NC(C)C)CCC1)n2C. The minimum Gasteiger partial charge on any atom is -0.493 e. The predicted molar refractivity (Wildman–Crippen MR) is 102 cm³/mol. The Bertz CT molecular complexity index is 848. The maximum atomic E-state index is 10.9. The van der Waals surface area contributed by atoms with E-state index in [9.17, 15) is 4.79 Å². The lowest BCUT2D eigenvalue weighted by molar-refractivity contribution is -0.131. The van der Waals surface area contributed by atoms with E-state index < -0.39 is 5.97 Å². The third-order valence-electron chi connectivity index (χ3n) is 4.92. The van der Waals surface area contributed by atoms with Gasteiger partial charge in [-0.3, -0.25) is 0 Å². The summed E-state index contributed by atoms with van der Waals surface area (Å²) in [5.41, 5.74) is 2.50. The Hall–Kier alpha value is -2.34. The summed E-state index contributed by atoms with van der Waals surface area (Å²) in [6.07, 6.45) is 6.03. The molecule has 1 saturated carbocycles. The fraction of sp³-hybridized carbons (Fsp3) is 0.500. The Morgan fingerprint density at radius 1 is 1.46 bits per heavy atom. The van der Waals surface area contributed by atoms with Crippen molar-refractivity contribution in [2.45, 2.75) is 51.6 Å². The van der Waals surface area contributed by atoms with Gasteiger partial charge in [-0.05, 0) is 52.2 Å². The molecule has 1 aliphatic rings. The molecule has 6 heteroatoms. The first-order valence-corrected chi connectivity index (χ1v) is 9.19. The molecule has 26 heavy (non-hydrogen) atoms. The van der Waals surface area contributed by atoms with Crippen molar-refractivity contribution in [1.82, 2.24) is 14.9 Å². The number of imidazole rings is 1. The summed E-state index contributed by atoms with van der Waals surface area (Å²) in [6.45, 7) is 6.75. The van der Waals surface area contributed by atoms with Crippen LogP contribution in [0.15, 0.2) is 18.2 Å². The molecule has 0 amide bonds. The molecule has 3 rings (SSSR count). The second-order valence-corrected chi connectivity index (χ2v) is 7.21. The Balaban J connectivity index is 2.11. The summed E-state index contributed by atoms with van der Waals surface area (Å²) < 4.78 is 7.87. The van der Waals surface area contributed by atoms with E-state index in [1.807, 2.05) is 26.1 Å². The summed E-state index contributed by atoms with van der Waals surface area (Å²) >= 11 is 0. The summed E-state index contributed by atoms with van der Waals surface area (Å²) in [5.74, 6) is 0.726. The Morgan fingerprint density at radius 2 is 2.19 bits per heavy atom. The van der Waals surface area contributed by atoms with Crippen LogP contribution in [0.5, 0.6) is 5.75 Å². The zero-order valence-electron chi connectivity index (χ0n) is 15.9. The highest BCUT2D eigenvalue weighted by atomic mass is 16.5. The van der Waals surface area contributed by atoms with Gasteiger partial charge in [-0.2, -0.15) is 0 Å². The minimum absolute atomic E-state index is 0.0786. The van der Waals surface area contributed by atoms with Crippen molar-refractivity contribution in [3.63, 3.8) is 0 Å². The number of benzene rings is 1. The Morgan fingerprint density at radius 3 is 2.73 bits per heavy atom. The van der Waals surface area contributed by atoms with E-state index in [-0.39, 0.29) is 5.54 Å². The molecule has 0 aliphatic heterocycles. The van der Waals surface area contributed by atoms with Gasteiger partial charge in [0.25, 0.3) is 0 Å².